The third-order valence-electron chi connectivity index (χ3n) is 16.8. The maximum absolute atomic E-state index is 13.0. The normalized spacial score (nSPS) is 14.0. The smallest absolute Gasteiger partial charge is 0.462 e. The zero-order chi connectivity index (χ0) is 67.0. The minimum absolute atomic E-state index is 0.107. The van der Waals surface area contributed by atoms with Gasteiger partial charge in [-0.2, -0.15) is 0 Å². The highest BCUT2D eigenvalue weighted by Gasteiger charge is 2.30. The number of rotatable bonds is 72. The second kappa shape index (κ2) is 65.4. The van der Waals surface area contributed by atoms with Crippen molar-refractivity contribution in [1.82, 2.24) is 0 Å². The van der Waals surface area contributed by atoms with E-state index >= 15 is 0 Å². The average molecular weight is 1340 g/mol. The van der Waals surface area contributed by atoms with E-state index in [4.69, 9.17) is 37.0 Å². The topological polar surface area (TPSA) is 237 Å². The van der Waals surface area contributed by atoms with Crippen LogP contribution < -0.4 is 0 Å². The van der Waals surface area contributed by atoms with Crippen molar-refractivity contribution in [1.29, 1.82) is 0 Å². The van der Waals surface area contributed by atoms with Gasteiger partial charge in [-0.15, -0.1) is 0 Å². The molecule has 0 radical (unpaired) electrons. The molecular formula is C72H140O17P2. The molecule has 0 aromatic heterocycles. The summed E-state index contributed by atoms with van der Waals surface area (Å²) in [6.45, 7) is 7.23. The van der Waals surface area contributed by atoms with E-state index in [0.717, 1.165) is 109 Å². The zero-order valence-electron chi connectivity index (χ0n) is 59.0. The fourth-order valence-corrected chi connectivity index (χ4v) is 12.6. The van der Waals surface area contributed by atoms with Crippen molar-refractivity contribution in [2.24, 2.45) is 5.92 Å². The maximum atomic E-state index is 13.0. The molecule has 19 heteroatoms. The lowest BCUT2D eigenvalue weighted by molar-refractivity contribution is -0.161. The monoisotopic (exact) mass is 1340 g/mol. The third kappa shape index (κ3) is 66.5. The van der Waals surface area contributed by atoms with Crippen LogP contribution >= 0.6 is 15.6 Å². The lowest BCUT2D eigenvalue weighted by Crippen LogP contribution is -2.30. The molecule has 540 valence electrons. The first-order valence-electron chi connectivity index (χ1n) is 37.6. The van der Waals surface area contributed by atoms with E-state index in [1.165, 1.54) is 186 Å². The Morgan fingerprint density at radius 2 is 0.505 bits per heavy atom. The van der Waals surface area contributed by atoms with Crippen molar-refractivity contribution < 1.29 is 80.2 Å². The molecule has 0 aromatic rings. The number of phosphoric acid groups is 2. The number of hydrogen-bond acceptors (Lipinski definition) is 15. The molecule has 0 saturated carbocycles. The molecule has 2 unspecified atom stereocenters. The summed E-state index contributed by atoms with van der Waals surface area (Å²) in [5.74, 6) is -1.34. The highest BCUT2D eigenvalue weighted by Crippen LogP contribution is 2.45. The molecule has 0 aliphatic heterocycles. The minimum atomic E-state index is -4.95. The van der Waals surface area contributed by atoms with Gasteiger partial charge in [-0.25, -0.2) is 9.13 Å². The summed E-state index contributed by atoms with van der Waals surface area (Å²) in [7, 11) is -9.90. The van der Waals surface area contributed by atoms with Gasteiger partial charge in [-0.1, -0.05) is 324 Å². The van der Waals surface area contributed by atoms with Gasteiger partial charge in [-0.3, -0.25) is 37.3 Å². The second-order valence-corrected chi connectivity index (χ2v) is 29.4. The van der Waals surface area contributed by atoms with Crippen LogP contribution in [-0.4, -0.2) is 96.7 Å². The summed E-state index contributed by atoms with van der Waals surface area (Å²) >= 11 is 0. The number of aliphatic hydroxyl groups is 1. The first kappa shape index (κ1) is 89.1. The van der Waals surface area contributed by atoms with E-state index in [1.807, 2.05) is 0 Å². The van der Waals surface area contributed by atoms with Gasteiger partial charge in [0.15, 0.2) is 12.2 Å². The summed E-state index contributed by atoms with van der Waals surface area (Å²) in [5.41, 5.74) is 0. The number of esters is 4. The number of carbonyl (C=O) groups is 4. The van der Waals surface area contributed by atoms with Gasteiger partial charge < -0.3 is 33.8 Å². The van der Waals surface area contributed by atoms with Crippen LogP contribution in [0.4, 0.5) is 0 Å². The molecule has 0 amide bonds. The quantitative estimate of drug-likeness (QED) is 0.0222. The molecule has 5 atom stereocenters. The minimum Gasteiger partial charge on any atom is -0.462 e. The molecule has 0 spiro atoms. The van der Waals surface area contributed by atoms with Crippen LogP contribution in [0.1, 0.15) is 375 Å². The van der Waals surface area contributed by atoms with Gasteiger partial charge in [-0.05, 0) is 31.6 Å². The lowest BCUT2D eigenvalue weighted by atomic mass is 10.0. The second-order valence-electron chi connectivity index (χ2n) is 26.5. The van der Waals surface area contributed by atoms with E-state index in [1.54, 1.807) is 0 Å². The predicted molar refractivity (Wildman–Crippen MR) is 368 cm³/mol. The maximum Gasteiger partial charge on any atom is 0.472 e. The van der Waals surface area contributed by atoms with E-state index in [9.17, 15) is 43.2 Å². The molecule has 0 aliphatic rings. The molecule has 91 heavy (non-hydrogen) atoms. The Balaban J connectivity index is 5.19. The fraction of sp³-hybridized carbons (Fsp3) is 0.944. The first-order chi connectivity index (χ1) is 44.0. The summed E-state index contributed by atoms with van der Waals surface area (Å²) in [6.07, 6.45) is 52.8. The summed E-state index contributed by atoms with van der Waals surface area (Å²) < 4.78 is 68.3. The Morgan fingerprint density at radius 3 is 0.747 bits per heavy atom. The Bertz CT molecular complexity index is 1750. The highest BCUT2D eigenvalue weighted by atomic mass is 31.2. The Morgan fingerprint density at radius 1 is 0.297 bits per heavy atom. The molecule has 3 N–H and O–H groups in total. The average Bonchev–Trinajstić information content (AvgIpc) is 3.74. The molecule has 0 saturated heterocycles. The number of ether oxygens (including phenoxy) is 4. The van der Waals surface area contributed by atoms with E-state index in [0.29, 0.717) is 25.7 Å². The number of phosphoric ester groups is 2. The van der Waals surface area contributed by atoms with Gasteiger partial charge in [0, 0.05) is 25.7 Å². The molecule has 0 heterocycles. The zero-order valence-corrected chi connectivity index (χ0v) is 60.8. The van der Waals surface area contributed by atoms with E-state index < -0.39 is 97.5 Å². The number of hydrogen-bond donors (Lipinski definition) is 3. The van der Waals surface area contributed by atoms with Crippen LogP contribution in [0.2, 0.25) is 0 Å². The van der Waals surface area contributed by atoms with E-state index in [2.05, 4.69) is 34.6 Å². The molecule has 0 fully saturated rings. The van der Waals surface area contributed by atoms with Crippen LogP contribution in [0.5, 0.6) is 0 Å². The predicted octanol–water partition coefficient (Wildman–Crippen LogP) is 20.9. The number of aliphatic hydroxyl groups excluding tert-OH is 1. The van der Waals surface area contributed by atoms with Crippen LogP contribution in [0.15, 0.2) is 0 Å². The molecule has 0 rings (SSSR count). The van der Waals surface area contributed by atoms with Crippen molar-refractivity contribution in [3.63, 3.8) is 0 Å². The van der Waals surface area contributed by atoms with Gasteiger partial charge in [0.2, 0.25) is 0 Å². The van der Waals surface area contributed by atoms with Crippen molar-refractivity contribution in [3.8, 4) is 0 Å². The molecular weight excluding hydrogens is 1200 g/mol. The first-order valence-corrected chi connectivity index (χ1v) is 40.6. The van der Waals surface area contributed by atoms with E-state index in [-0.39, 0.29) is 25.7 Å². The highest BCUT2D eigenvalue weighted by molar-refractivity contribution is 7.47. The molecule has 17 nitrogen and oxygen atoms in total. The summed E-state index contributed by atoms with van der Waals surface area (Å²) in [6, 6.07) is 0. The SMILES string of the molecule is CCCCCCCCCCCCCCCCCCCCC(=O)O[C@H](COC(=O)CCCCCCCCCCCCCCC(C)C)COP(=O)(O)OC[C@@H](O)COP(=O)(O)OC[C@@H](COC(=O)CCCCCCCCC)OC(=O)CCCCCCCCCCCCC. The van der Waals surface area contributed by atoms with Crippen LogP contribution in [0.3, 0.4) is 0 Å². The molecule has 0 bridgehead atoms. The van der Waals surface area contributed by atoms with Gasteiger partial charge >= 0.3 is 39.5 Å². The molecule has 0 aromatic carbocycles. The van der Waals surface area contributed by atoms with Crippen LogP contribution in [0, 0.1) is 5.92 Å². The Hall–Kier alpha value is -1.94. The summed E-state index contributed by atoms with van der Waals surface area (Å²) in [4.78, 5) is 72.5. The largest absolute Gasteiger partial charge is 0.472 e. The summed E-state index contributed by atoms with van der Waals surface area (Å²) in [5, 5.41) is 10.6. The third-order valence-corrected chi connectivity index (χ3v) is 18.7. The van der Waals surface area contributed by atoms with Gasteiger partial charge in [0.25, 0.3) is 0 Å². The van der Waals surface area contributed by atoms with Crippen molar-refractivity contribution in [2.75, 3.05) is 39.6 Å². The van der Waals surface area contributed by atoms with Gasteiger partial charge in [0.1, 0.15) is 19.3 Å². The Kier molecular flexibility index (Phi) is 64.0. The van der Waals surface area contributed by atoms with Crippen LogP contribution in [-0.2, 0) is 65.4 Å². The van der Waals surface area contributed by atoms with Crippen molar-refractivity contribution >= 4 is 39.5 Å². The van der Waals surface area contributed by atoms with Gasteiger partial charge in [0.05, 0.1) is 26.4 Å². The Labute approximate surface area is 556 Å². The standard InChI is InChI=1S/C72H140O17P2/c1-6-9-12-15-18-20-22-23-24-25-26-27-28-34-38-43-48-53-58-72(77)89-68(62-83-70(75)56-51-46-41-36-33-30-29-32-35-40-44-49-54-65(4)5)64-87-91(80,81)85-60-66(73)59-84-90(78,79)86-63-67(61-82-69(74)55-50-45-39-17-14-11-8-3)88-71(76)57-52-47-42-37-31-21-19-16-13-10-7-2/h65-68,73H,6-64H2,1-5H3,(H,78,79)(H,80,81)/t66-,67+,68+/m0/s1. The molecule has 0 aliphatic carbocycles. The lowest BCUT2D eigenvalue weighted by Gasteiger charge is -2.21. The van der Waals surface area contributed by atoms with Crippen molar-refractivity contribution in [3.05, 3.63) is 0 Å². The number of carbonyl (C=O) groups excluding carboxylic acids is 4. The van der Waals surface area contributed by atoms with Crippen LogP contribution in [0.25, 0.3) is 0 Å². The van der Waals surface area contributed by atoms with Crippen molar-refractivity contribution in [2.45, 2.75) is 393 Å². The fourth-order valence-electron chi connectivity index (χ4n) is 11.0. The number of unbranched alkanes of at least 4 members (excludes halogenated alkanes) is 44.